The highest BCUT2D eigenvalue weighted by Crippen LogP contribution is 2.29. The molecule has 102 valence electrons. The molecule has 0 saturated carbocycles. The first kappa shape index (κ1) is 13.0. The minimum atomic E-state index is -0.929. The molecule has 0 aliphatic rings. The molecule has 1 aromatic carbocycles. The van der Waals surface area contributed by atoms with E-state index in [2.05, 4.69) is 9.97 Å². The minimum Gasteiger partial charge on any atom is -0.292 e. The average Bonchev–Trinajstić information content (AvgIpc) is 2.81. The van der Waals surface area contributed by atoms with Crippen molar-refractivity contribution in [1.29, 1.82) is 0 Å². The summed E-state index contributed by atoms with van der Waals surface area (Å²) < 4.78 is 29.0. The lowest BCUT2D eigenvalue weighted by Gasteiger charge is -2.11. The smallest absolute Gasteiger partial charge is 0.182 e. The second-order valence-corrected chi connectivity index (χ2v) is 5.01. The Kier molecular flexibility index (Phi) is 3.14. The van der Waals surface area contributed by atoms with Crippen LogP contribution in [0, 0.1) is 11.6 Å². The van der Waals surface area contributed by atoms with Crippen LogP contribution in [0.25, 0.3) is 16.7 Å². The second kappa shape index (κ2) is 4.83. The van der Waals surface area contributed by atoms with Gasteiger partial charge in [-0.25, -0.2) is 13.8 Å². The zero-order valence-corrected chi connectivity index (χ0v) is 11.3. The molecular formula is C14H10ClF2N3. The SMILES string of the molecule is CC(Cl)c1nc2cnccc2n1-c1cccc(F)c1F. The number of hydrogen-bond acceptors (Lipinski definition) is 2. The molecule has 3 nitrogen and oxygen atoms in total. The summed E-state index contributed by atoms with van der Waals surface area (Å²) in [4.78, 5) is 8.31. The molecule has 0 saturated heterocycles. The summed E-state index contributed by atoms with van der Waals surface area (Å²) in [6.45, 7) is 1.73. The summed E-state index contributed by atoms with van der Waals surface area (Å²) >= 11 is 6.10. The number of imidazole rings is 1. The maximum Gasteiger partial charge on any atom is 0.182 e. The lowest BCUT2D eigenvalue weighted by molar-refractivity contribution is 0.504. The summed E-state index contributed by atoms with van der Waals surface area (Å²) in [6.07, 6.45) is 3.13. The monoisotopic (exact) mass is 293 g/mol. The van der Waals surface area contributed by atoms with Crippen molar-refractivity contribution in [1.82, 2.24) is 14.5 Å². The first-order chi connectivity index (χ1) is 9.59. The molecule has 3 rings (SSSR count). The number of alkyl halides is 1. The van der Waals surface area contributed by atoms with Gasteiger partial charge in [0.15, 0.2) is 11.6 Å². The Labute approximate surface area is 118 Å². The van der Waals surface area contributed by atoms with E-state index in [9.17, 15) is 8.78 Å². The average molecular weight is 294 g/mol. The molecule has 2 heterocycles. The van der Waals surface area contributed by atoms with Crippen LogP contribution in [0.2, 0.25) is 0 Å². The van der Waals surface area contributed by atoms with Gasteiger partial charge in [0.25, 0.3) is 0 Å². The number of fused-ring (bicyclic) bond motifs is 1. The molecule has 0 fully saturated rings. The molecule has 6 heteroatoms. The number of pyridine rings is 1. The number of nitrogens with zero attached hydrogens (tertiary/aromatic N) is 3. The topological polar surface area (TPSA) is 30.7 Å². The maximum atomic E-state index is 14.1. The highest BCUT2D eigenvalue weighted by Gasteiger charge is 2.19. The van der Waals surface area contributed by atoms with Crippen LogP contribution in [0.4, 0.5) is 8.78 Å². The van der Waals surface area contributed by atoms with Gasteiger partial charge in [-0.2, -0.15) is 0 Å². The van der Waals surface area contributed by atoms with Crippen molar-refractivity contribution in [3.63, 3.8) is 0 Å². The normalized spacial score (nSPS) is 12.8. The van der Waals surface area contributed by atoms with Gasteiger partial charge in [-0.05, 0) is 25.1 Å². The van der Waals surface area contributed by atoms with E-state index in [0.717, 1.165) is 6.07 Å². The molecule has 0 radical (unpaired) electrons. The van der Waals surface area contributed by atoms with E-state index < -0.39 is 17.0 Å². The zero-order chi connectivity index (χ0) is 14.3. The van der Waals surface area contributed by atoms with Gasteiger partial charge in [0.1, 0.15) is 11.3 Å². The highest BCUT2D eigenvalue weighted by molar-refractivity contribution is 6.20. The quantitative estimate of drug-likeness (QED) is 0.669. The van der Waals surface area contributed by atoms with Crippen molar-refractivity contribution in [2.24, 2.45) is 0 Å². The minimum absolute atomic E-state index is 0.0844. The van der Waals surface area contributed by atoms with Crippen molar-refractivity contribution >= 4 is 22.6 Å². The third-order valence-electron chi connectivity index (χ3n) is 3.01. The van der Waals surface area contributed by atoms with Crippen LogP contribution in [0.5, 0.6) is 0 Å². The Morgan fingerprint density at radius 3 is 2.80 bits per heavy atom. The fraction of sp³-hybridized carbons (Fsp3) is 0.143. The zero-order valence-electron chi connectivity index (χ0n) is 10.5. The van der Waals surface area contributed by atoms with Crippen LogP contribution in [-0.2, 0) is 0 Å². The Morgan fingerprint density at radius 2 is 2.05 bits per heavy atom. The molecule has 20 heavy (non-hydrogen) atoms. The molecule has 0 bridgehead atoms. The van der Waals surface area contributed by atoms with E-state index in [-0.39, 0.29) is 5.69 Å². The number of rotatable bonds is 2. The number of aromatic nitrogens is 3. The molecule has 1 atom stereocenters. The van der Waals surface area contributed by atoms with E-state index in [0.29, 0.717) is 16.9 Å². The predicted molar refractivity (Wildman–Crippen MR) is 73.0 cm³/mol. The van der Waals surface area contributed by atoms with Gasteiger partial charge in [0.2, 0.25) is 0 Å². The number of halogens is 3. The molecule has 1 unspecified atom stereocenters. The third-order valence-corrected chi connectivity index (χ3v) is 3.21. The van der Waals surface area contributed by atoms with Crippen molar-refractivity contribution in [2.75, 3.05) is 0 Å². The van der Waals surface area contributed by atoms with E-state index in [4.69, 9.17) is 11.6 Å². The van der Waals surface area contributed by atoms with Crippen LogP contribution in [-0.4, -0.2) is 14.5 Å². The molecule has 0 amide bonds. The Hall–Kier alpha value is -2.01. The van der Waals surface area contributed by atoms with Gasteiger partial charge in [-0.1, -0.05) is 6.07 Å². The maximum absolute atomic E-state index is 14.1. The van der Waals surface area contributed by atoms with Gasteiger partial charge >= 0.3 is 0 Å². The number of hydrogen-bond donors (Lipinski definition) is 0. The molecular weight excluding hydrogens is 284 g/mol. The lowest BCUT2D eigenvalue weighted by atomic mass is 10.2. The number of benzene rings is 1. The first-order valence-corrected chi connectivity index (χ1v) is 6.44. The summed E-state index contributed by atoms with van der Waals surface area (Å²) in [5, 5.41) is -0.454. The Bertz CT molecular complexity index is 783. The van der Waals surface area contributed by atoms with Crippen LogP contribution >= 0.6 is 11.6 Å². The van der Waals surface area contributed by atoms with E-state index >= 15 is 0 Å². The fourth-order valence-corrected chi connectivity index (χ4v) is 2.28. The molecule has 3 aromatic rings. The van der Waals surface area contributed by atoms with Gasteiger partial charge < -0.3 is 0 Å². The van der Waals surface area contributed by atoms with Gasteiger partial charge in [0.05, 0.1) is 22.8 Å². The molecule has 0 aliphatic heterocycles. The van der Waals surface area contributed by atoms with Crippen LogP contribution in [0.15, 0.2) is 36.7 Å². The van der Waals surface area contributed by atoms with Crippen LogP contribution < -0.4 is 0 Å². The summed E-state index contributed by atoms with van der Waals surface area (Å²) in [6, 6.07) is 5.70. The van der Waals surface area contributed by atoms with E-state index in [1.54, 1.807) is 25.4 Å². The van der Waals surface area contributed by atoms with Gasteiger partial charge in [0, 0.05) is 6.20 Å². The highest BCUT2D eigenvalue weighted by atomic mass is 35.5. The lowest BCUT2D eigenvalue weighted by Crippen LogP contribution is -2.05. The van der Waals surface area contributed by atoms with Gasteiger partial charge in [-0.3, -0.25) is 9.55 Å². The van der Waals surface area contributed by atoms with Crippen molar-refractivity contribution in [3.05, 3.63) is 54.1 Å². The van der Waals surface area contributed by atoms with Gasteiger partial charge in [-0.15, -0.1) is 11.6 Å². The second-order valence-electron chi connectivity index (χ2n) is 4.36. The Morgan fingerprint density at radius 1 is 1.25 bits per heavy atom. The van der Waals surface area contributed by atoms with Crippen LogP contribution in [0.1, 0.15) is 18.1 Å². The molecule has 0 spiro atoms. The van der Waals surface area contributed by atoms with Crippen LogP contribution in [0.3, 0.4) is 0 Å². The van der Waals surface area contributed by atoms with E-state index in [1.165, 1.54) is 16.7 Å². The fourth-order valence-electron chi connectivity index (χ4n) is 2.14. The summed E-state index contributed by atoms with van der Waals surface area (Å²) in [7, 11) is 0. The molecule has 0 N–H and O–H groups in total. The summed E-state index contributed by atoms with van der Waals surface area (Å²) in [5.41, 5.74) is 1.30. The van der Waals surface area contributed by atoms with E-state index in [1.807, 2.05) is 0 Å². The Balaban J connectivity index is 2.39. The first-order valence-electron chi connectivity index (χ1n) is 6.00. The standard InChI is InChI=1S/C14H10ClF2N3/c1-8(15)14-19-10-7-18-6-5-11(10)20(14)12-4-2-3-9(16)13(12)17/h2-8H,1H3. The molecule has 0 aliphatic carbocycles. The van der Waals surface area contributed by atoms with Crippen molar-refractivity contribution in [2.45, 2.75) is 12.3 Å². The molecule has 2 aromatic heterocycles. The largest absolute Gasteiger partial charge is 0.292 e. The van der Waals surface area contributed by atoms with Crippen molar-refractivity contribution in [3.8, 4) is 5.69 Å². The van der Waals surface area contributed by atoms with Crippen molar-refractivity contribution < 1.29 is 8.78 Å². The summed E-state index contributed by atoms with van der Waals surface area (Å²) in [5.74, 6) is -1.40. The third kappa shape index (κ3) is 1.94. The predicted octanol–water partition coefficient (Wildman–Crippen LogP) is 4.00.